The molecule has 1 heterocycles. The summed E-state index contributed by atoms with van der Waals surface area (Å²) in [6.45, 7) is 0.530. The first-order chi connectivity index (χ1) is 12.6. The zero-order valence-corrected chi connectivity index (χ0v) is 14.2. The number of ether oxygens (including phenoxy) is 2. The second-order valence-electron chi connectivity index (χ2n) is 5.54. The highest BCUT2D eigenvalue weighted by atomic mass is 19.1. The summed E-state index contributed by atoms with van der Waals surface area (Å²) in [6, 6.07) is 16.4. The van der Waals surface area contributed by atoms with Crippen molar-refractivity contribution in [3.63, 3.8) is 0 Å². The summed E-state index contributed by atoms with van der Waals surface area (Å²) in [6.07, 6.45) is 0. The number of halogens is 1. The molecule has 0 unspecified atom stereocenters. The molecule has 0 spiro atoms. The first kappa shape index (κ1) is 17.5. The van der Waals surface area contributed by atoms with Gasteiger partial charge in [-0.05, 0) is 54.1 Å². The highest BCUT2D eigenvalue weighted by molar-refractivity contribution is 5.91. The predicted molar refractivity (Wildman–Crippen MR) is 93.6 cm³/mol. The lowest BCUT2D eigenvalue weighted by atomic mass is 10.2. The molecule has 134 valence electrons. The second kappa shape index (κ2) is 8.20. The van der Waals surface area contributed by atoms with E-state index in [1.165, 1.54) is 24.3 Å². The third kappa shape index (κ3) is 4.63. The maximum absolute atomic E-state index is 12.9. The van der Waals surface area contributed by atoms with Crippen molar-refractivity contribution in [2.24, 2.45) is 0 Å². The minimum atomic E-state index is -0.328. The first-order valence-corrected chi connectivity index (χ1v) is 8.02. The minimum absolute atomic E-state index is 0.150. The van der Waals surface area contributed by atoms with Crippen LogP contribution in [0.1, 0.15) is 21.9 Å². The average molecular weight is 355 g/mol. The van der Waals surface area contributed by atoms with Gasteiger partial charge in [-0.1, -0.05) is 12.1 Å². The van der Waals surface area contributed by atoms with Gasteiger partial charge < -0.3 is 19.2 Å². The van der Waals surface area contributed by atoms with Gasteiger partial charge in [-0.25, -0.2) is 4.39 Å². The van der Waals surface area contributed by atoms with Gasteiger partial charge >= 0.3 is 0 Å². The van der Waals surface area contributed by atoms with Crippen LogP contribution in [0.2, 0.25) is 0 Å². The van der Waals surface area contributed by atoms with Gasteiger partial charge in [0.2, 0.25) is 0 Å². The smallest absolute Gasteiger partial charge is 0.287 e. The van der Waals surface area contributed by atoms with Gasteiger partial charge in [0, 0.05) is 6.54 Å². The number of furan rings is 1. The van der Waals surface area contributed by atoms with Crippen LogP contribution in [-0.4, -0.2) is 13.0 Å². The van der Waals surface area contributed by atoms with Crippen LogP contribution in [-0.2, 0) is 13.2 Å². The molecule has 0 saturated carbocycles. The minimum Gasteiger partial charge on any atom is -0.497 e. The van der Waals surface area contributed by atoms with E-state index in [1.807, 2.05) is 24.3 Å². The molecule has 0 bridgehead atoms. The molecule has 0 saturated heterocycles. The molecule has 1 N–H and O–H groups in total. The third-order valence-corrected chi connectivity index (χ3v) is 3.69. The number of carbonyl (C=O) groups is 1. The highest BCUT2D eigenvalue weighted by Gasteiger charge is 2.11. The fourth-order valence-corrected chi connectivity index (χ4v) is 2.28. The van der Waals surface area contributed by atoms with E-state index in [0.29, 0.717) is 18.1 Å². The Bertz CT molecular complexity index is 856. The van der Waals surface area contributed by atoms with Crippen LogP contribution in [0.4, 0.5) is 4.39 Å². The summed E-state index contributed by atoms with van der Waals surface area (Å²) >= 11 is 0. The number of rotatable bonds is 7. The van der Waals surface area contributed by atoms with Gasteiger partial charge in [-0.2, -0.15) is 0 Å². The van der Waals surface area contributed by atoms with E-state index in [4.69, 9.17) is 13.9 Å². The van der Waals surface area contributed by atoms with Crippen molar-refractivity contribution >= 4 is 5.91 Å². The van der Waals surface area contributed by atoms with Crippen molar-refractivity contribution in [2.45, 2.75) is 13.2 Å². The van der Waals surface area contributed by atoms with Crippen LogP contribution in [0.5, 0.6) is 11.5 Å². The molecule has 0 aliphatic rings. The Morgan fingerprint density at radius 1 is 1.00 bits per heavy atom. The fraction of sp³-hybridized carbons (Fsp3) is 0.150. The van der Waals surface area contributed by atoms with E-state index in [-0.39, 0.29) is 24.1 Å². The van der Waals surface area contributed by atoms with Gasteiger partial charge in [-0.3, -0.25) is 4.79 Å². The number of methoxy groups -OCH3 is 1. The maximum Gasteiger partial charge on any atom is 0.287 e. The highest BCUT2D eigenvalue weighted by Crippen LogP contribution is 2.15. The summed E-state index contributed by atoms with van der Waals surface area (Å²) in [4.78, 5) is 12.2. The number of amides is 1. The van der Waals surface area contributed by atoms with E-state index >= 15 is 0 Å². The Kier molecular flexibility index (Phi) is 5.53. The topological polar surface area (TPSA) is 60.7 Å². The van der Waals surface area contributed by atoms with Crippen molar-refractivity contribution in [3.8, 4) is 11.5 Å². The number of hydrogen-bond acceptors (Lipinski definition) is 4. The van der Waals surface area contributed by atoms with Gasteiger partial charge in [0.1, 0.15) is 29.7 Å². The van der Waals surface area contributed by atoms with Crippen molar-refractivity contribution in [3.05, 3.63) is 83.6 Å². The Morgan fingerprint density at radius 3 is 2.38 bits per heavy atom. The second-order valence-corrected chi connectivity index (χ2v) is 5.54. The zero-order chi connectivity index (χ0) is 18.4. The quantitative estimate of drug-likeness (QED) is 0.697. The van der Waals surface area contributed by atoms with Gasteiger partial charge in [0.25, 0.3) is 5.91 Å². The molecule has 1 aromatic heterocycles. The summed E-state index contributed by atoms with van der Waals surface area (Å²) in [7, 11) is 1.60. The lowest BCUT2D eigenvalue weighted by Gasteiger charge is -2.05. The van der Waals surface area contributed by atoms with Crippen LogP contribution >= 0.6 is 0 Å². The molecule has 6 heteroatoms. The van der Waals surface area contributed by atoms with E-state index in [9.17, 15) is 9.18 Å². The average Bonchev–Trinajstić information content (AvgIpc) is 3.15. The van der Waals surface area contributed by atoms with Crippen LogP contribution in [0, 0.1) is 5.82 Å². The van der Waals surface area contributed by atoms with Gasteiger partial charge in [0.05, 0.1) is 7.11 Å². The number of carbonyl (C=O) groups excluding carboxylic acids is 1. The number of hydrogen-bond donors (Lipinski definition) is 1. The summed E-state index contributed by atoms with van der Waals surface area (Å²) in [5, 5.41) is 2.79. The van der Waals surface area contributed by atoms with Gasteiger partial charge in [0.15, 0.2) is 5.76 Å². The number of nitrogens with one attached hydrogen (secondary N) is 1. The summed E-state index contributed by atoms with van der Waals surface area (Å²) in [5.41, 5.74) is 0.950. The molecule has 0 radical (unpaired) electrons. The Morgan fingerprint density at radius 2 is 1.69 bits per heavy atom. The molecule has 0 aliphatic heterocycles. The zero-order valence-electron chi connectivity index (χ0n) is 14.2. The first-order valence-electron chi connectivity index (χ1n) is 8.02. The van der Waals surface area contributed by atoms with Crippen LogP contribution in [0.25, 0.3) is 0 Å². The monoisotopic (exact) mass is 355 g/mol. The van der Waals surface area contributed by atoms with Crippen LogP contribution in [0.15, 0.2) is 65.1 Å². The van der Waals surface area contributed by atoms with E-state index in [1.54, 1.807) is 19.2 Å². The standard InChI is InChI=1S/C20H18FNO4/c1-24-16-6-2-14(3-7-16)12-22-20(23)19-11-10-18(26-19)13-25-17-8-4-15(21)5-9-17/h2-11H,12-13H2,1H3,(H,22,23). The van der Waals surface area contributed by atoms with E-state index < -0.39 is 0 Å². The predicted octanol–water partition coefficient (Wildman–Crippen LogP) is 3.94. The molecule has 3 rings (SSSR count). The molecule has 1 amide bonds. The summed E-state index contributed by atoms with van der Waals surface area (Å²) < 4.78 is 28.9. The lowest BCUT2D eigenvalue weighted by Crippen LogP contribution is -2.22. The Labute approximate surface area is 150 Å². The molecule has 3 aromatic rings. The summed E-state index contributed by atoms with van der Waals surface area (Å²) in [5.74, 6) is 1.35. The van der Waals surface area contributed by atoms with Gasteiger partial charge in [-0.15, -0.1) is 0 Å². The van der Waals surface area contributed by atoms with Crippen LogP contribution in [0.3, 0.4) is 0 Å². The number of benzene rings is 2. The molecule has 0 fully saturated rings. The van der Waals surface area contributed by atoms with Crippen LogP contribution < -0.4 is 14.8 Å². The molecule has 2 aromatic carbocycles. The maximum atomic E-state index is 12.9. The lowest BCUT2D eigenvalue weighted by molar-refractivity contribution is 0.0919. The van der Waals surface area contributed by atoms with Crippen molar-refractivity contribution in [1.82, 2.24) is 5.32 Å². The third-order valence-electron chi connectivity index (χ3n) is 3.69. The molecule has 26 heavy (non-hydrogen) atoms. The van der Waals surface area contributed by atoms with Crippen molar-refractivity contribution < 1.29 is 23.1 Å². The molecule has 0 atom stereocenters. The largest absolute Gasteiger partial charge is 0.497 e. The molecular formula is C20H18FNO4. The van der Waals surface area contributed by atoms with Crippen molar-refractivity contribution in [1.29, 1.82) is 0 Å². The fourth-order valence-electron chi connectivity index (χ4n) is 2.28. The molecular weight excluding hydrogens is 337 g/mol. The normalized spacial score (nSPS) is 10.4. The van der Waals surface area contributed by atoms with E-state index in [2.05, 4.69) is 5.32 Å². The Balaban J connectivity index is 1.51. The Hall–Kier alpha value is -3.28. The van der Waals surface area contributed by atoms with E-state index in [0.717, 1.165) is 11.3 Å². The SMILES string of the molecule is COc1ccc(CNC(=O)c2ccc(COc3ccc(F)cc3)o2)cc1. The molecule has 0 aliphatic carbocycles. The van der Waals surface area contributed by atoms with Crippen molar-refractivity contribution in [2.75, 3.05) is 7.11 Å². The molecule has 5 nitrogen and oxygen atoms in total.